The second kappa shape index (κ2) is 5.78. The normalized spacial score (nSPS) is 15.1. The van der Waals surface area contributed by atoms with Gasteiger partial charge in [-0.1, -0.05) is 6.92 Å². The topological polar surface area (TPSA) is 97.7 Å². The van der Waals surface area contributed by atoms with Crippen molar-refractivity contribution in [1.82, 2.24) is 0 Å². The molecular weight excluding hydrogens is 244 g/mol. The summed E-state index contributed by atoms with van der Waals surface area (Å²) in [6, 6.07) is 0. The van der Waals surface area contributed by atoms with Gasteiger partial charge in [0.1, 0.15) is 0 Å². The molecule has 8 heteroatoms. The van der Waals surface area contributed by atoms with E-state index in [2.05, 4.69) is 4.18 Å². The zero-order valence-electron chi connectivity index (χ0n) is 8.71. The average molecular weight is 260 g/mol. The molecule has 0 aromatic carbocycles. The standard InChI is InChI=1S/C7H16O6S2/c1-7(6-13-14(2,8)9)4-3-5-15(10,11)12/h7H,3-6H2,1-2H3,(H,10,11,12). The zero-order chi connectivity index (χ0) is 12.1. The fourth-order valence-electron chi connectivity index (χ4n) is 0.937. The van der Waals surface area contributed by atoms with Crippen LogP contribution in [0.5, 0.6) is 0 Å². The third kappa shape index (κ3) is 11.7. The van der Waals surface area contributed by atoms with Crippen LogP contribution in [0, 0.1) is 5.92 Å². The van der Waals surface area contributed by atoms with E-state index in [1.807, 2.05) is 0 Å². The minimum Gasteiger partial charge on any atom is -0.286 e. The zero-order valence-corrected chi connectivity index (χ0v) is 10.3. The third-order valence-electron chi connectivity index (χ3n) is 1.67. The molecule has 0 amide bonds. The molecule has 0 saturated carbocycles. The Hall–Kier alpha value is -0.180. The quantitative estimate of drug-likeness (QED) is 0.521. The Morgan fingerprint density at radius 3 is 2.20 bits per heavy atom. The fraction of sp³-hybridized carbons (Fsp3) is 1.00. The van der Waals surface area contributed by atoms with Crippen molar-refractivity contribution in [2.24, 2.45) is 5.92 Å². The second-order valence-electron chi connectivity index (χ2n) is 3.52. The lowest BCUT2D eigenvalue weighted by atomic mass is 10.1. The molecule has 0 radical (unpaired) electrons. The molecule has 0 aromatic rings. The summed E-state index contributed by atoms with van der Waals surface area (Å²) >= 11 is 0. The highest BCUT2D eigenvalue weighted by Gasteiger charge is 2.10. The van der Waals surface area contributed by atoms with Crippen molar-refractivity contribution in [3.05, 3.63) is 0 Å². The lowest BCUT2D eigenvalue weighted by Gasteiger charge is -2.09. The summed E-state index contributed by atoms with van der Waals surface area (Å²) in [5, 5.41) is 0. The molecule has 0 bridgehead atoms. The summed E-state index contributed by atoms with van der Waals surface area (Å²) in [7, 11) is -7.36. The molecule has 0 rings (SSSR count). The predicted octanol–water partition coefficient (Wildman–Crippen LogP) is 0.267. The molecule has 0 saturated heterocycles. The first-order valence-corrected chi connectivity index (χ1v) is 7.82. The Bertz CT molecular complexity index is 368. The van der Waals surface area contributed by atoms with Gasteiger partial charge in [0.25, 0.3) is 20.2 Å². The van der Waals surface area contributed by atoms with E-state index in [0.717, 1.165) is 6.26 Å². The maximum Gasteiger partial charge on any atom is 0.264 e. The third-order valence-corrected chi connectivity index (χ3v) is 3.03. The molecule has 92 valence electrons. The van der Waals surface area contributed by atoms with E-state index in [9.17, 15) is 16.8 Å². The minimum absolute atomic E-state index is 0.0321. The Balaban J connectivity index is 3.72. The molecule has 1 N–H and O–H groups in total. The van der Waals surface area contributed by atoms with Crippen LogP contribution < -0.4 is 0 Å². The van der Waals surface area contributed by atoms with Crippen molar-refractivity contribution in [3.8, 4) is 0 Å². The molecule has 15 heavy (non-hydrogen) atoms. The van der Waals surface area contributed by atoms with Crippen LogP contribution in [0.15, 0.2) is 0 Å². The van der Waals surface area contributed by atoms with Gasteiger partial charge < -0.3 is 0 Å². The molecule has 6 nitrogen and oxygen atoms in total. The van der Waals surface area contributed by atoms with E-state index in [4.69, 9.17) is 4.55 Å². The first-order valence-electron chi connectivity index (χ1n) is 4.40. The van der Waals surface area contributed by atoms with Gasteiger partial charge in [-0.15, -0.1) is 0 Å². The molecule has 1 atom stereocenters. The molecule has 0 aromatic heterocycles. The van der Waals surface area contributed by atoms with Crippen molar-refractivity contribution in [2.75, 3.05) is 18.6 Å². The van der Waals surface area contributed by atoms with Gasteiger partial charge in [0.15, 0.2) is 0 Å². The fourth-order valence-corrected chi connectivity index (χ4v) is 1.95. The Labute approximate surface area is 90.5 Å². The molecule has 0 spiro atoms. The Morgan fingerprint density at radius 1 is 1.27 bits per heavy atom. The molecular formula is C7H16O6S2. The van der Waals surface area contributed by atoms with Crippen LogP contribution in [0.25, 0.3) is 0 Å². The van der Waals surface area contributed by atoms with Crippen molar-refractivity contribution >= 4 is 20.2 Å². The van der Waals surface area contributed by atoms with Gasteiger partial charge in [-0.3, -0.25) is 8.74 Å². The highest BCUT2D eigenvalue weighted by molar-refractivity contribution is 7.86. The lowest BCUT2D eigenvalue weighted by molar-refractivity contribution is 0.258. The maximum atomic E-state index is 10.6. The van der Waals surface area contributed by atoms with Crippen molar-refractivity contribution < 1.29 is 25.6 Å². The van der Waals surface area contributed by atoms with Crippen molar-refractivity contribution in [1.29, 1.82) is 0 Å². The van der Waals surface area contributed by atoms with E-state index in [1.54, 1.807) is 6.92 Å². The van der Waals surface area contributed by atoms with E-state index in [-0.39, 0.29) is 24.7 Å². The van der Waals surface area contributed by atoms with Gasteiger partial charge >= 0.3 is 0 Å². The second-order valence-corrected chi connectivity index (χ2v) is 6.74. The molecule has 0 aliphatic carbocycles. The summed E-state index contributed by atoms with van der Waals surface area (Å²) in [6.07, 6.45) is 1.72. The SMILES string of the molecule is CC(CCCS(=O)(=O)O)COS(C)(=O)=O. The van der Waals surface area contributed by atoms with Crippen LogP contribution in [0.4, 0.5) is 0 Å². The smallest absolute Gasteiger partial charge is 0.264 e. The highest BCUT2D eigenvalue weighted by atomic mass is 32.2. The molecule has 0 fully saturated rings. The number of hydrogen-bond donors (Lipinski definition) is 1. The van der Waals surface area contributed by atoms with Gasteiger partial charge in [-0.05, 0) is 18.8 Å². The van der Waals surface area contributed by atoms with E-state index < -0.39 is 20.2 Å². The van der Waals surface area contributed by atoms with Gasteiger partial charge in [0.2, 0.25) is 0 Å². The molecule has 0 aliphatic heterocycles. The minimum atomic E-state index is -3.92. The number of rotatable bonds is 7. The van der Waals surface area contributed by atoms with Crippen LogP contribution in [0.3, 0.4) is 0 Å². The highest BCUT2D eigenvalue weighted by Crippen LogP contribution is 2.08. The van der Waals surface area contributed by atoms with E-state index >= 15 is 0 Å². The van der Waals surface area contributed by atoms with Gasteiger partial charge in [0, 0.05) is 0 Å². The first-order chi connectivity index (χ1) is 6.60. The number of hydrogen-bond acceptors (Lipinski definition) is 5. The van der Waals surface area contributed by atoms with Gasteiger partial charge in [-0.25, -0.2) is 0 Å². The van der Waals surface area contributed by atoms with Crippen LogP contribution in [0.1, 0.15) is 19.8 Å². The van der Waals surface area contributed by atoms with Crippen LogP contribution in [-0.2, 0) is 24.4 Å². The van der Waals surface area contributed by atoms with Gasteiger partial charge in [0.05, 0.1) is 18.6 Å². The van der Waals surface area contributed by atoms with E-state index in [0.29, 0.717) is 6.42 Å². The van der Waals surface area contributed by atoms with Crippen molar-refractivity contribution in [3.63, 3.8) is 0 Å². The summed E-state index contributed by atoms with van der Waals surface area (Å²) in [5.41, 5.74) is 0. The van der Waals surface area contributed by atoms with Crippen LogP contribution in [0.2, 0.25) is 0 Å². The van der Waals surface area contributed by atoms with Crippen molar-refractivity contribution in [2.45, 2.75) is 19.8 Å². The summed E-state index contributed by atoms with van der Waals surface area (Å²) in [4.78, 5) is 0. The van der Waals surface area contributed by atoms with Crippen LogP contribution in [-0.4, -0.2) is 40.0 Å². The Morgan fingerprint density at radius 2 is 1.80 bits per heavy atom. The summed E-state index contributed by atoms with van der Waals surface area (Å²) in [5.74, 6) is -0.377. The van der Waals surface area contributed by atoms with Crippen LogP contribution >= 0.6 is 0 Å². The molecule has 0 heterocycles. The molecule has 1 unspecified atom stereocenters. The lowest BCUT2D eigenvalue weighted by Crippen LogP contribution is -2.12. The predicted molar refractivity (Wildman–Crippen MR) is 55.6 cm³/mol. The summed E-state index contributed by atoms with van der Waals surface area (Å²) < 4.78 is 54.9. The largest absolute Gasteiger partial charge is 0.286 e. The first kappa shape index (κ1) is 14.8. The van der Waals surface area contributed by atoms with Gasteiger partial charge in [-0.2, -0.15) is 16.8 Å². The monoisotopic (exact) mass is 260 g/mol. The Kier molecular flexibility index (Phi) is 5.71. The maximum absolute atomic E-state index is 10.6. The average Bonchev–Trinajstić information content (AvgIpc) is 1.97. The summed E-state index contributed by atoms with van der Waals surface area (Å²) in [6.45, 7) is 1.78. The van der Waals surface area contributed by atoms with E-state index in [1.165, 1.54) is 0 Å². The molecule has 0 aliphatic rings.